The van der Waals surface area contributed by atoms with Crippen LogP contribution in [-0.2, 0) is 153 Å². The maximum Gasteiger partial charge on any atom is 4.00 e. The minimum atomic E-state index is -2.92. The predicted octanol–water partition coefficient (Wildman–Crippen LogP) is -16.3. The number of rotatable bonds is 0. The zero-order valence-corrected chi connectivity index (χ0v) is 23.6. The van der Waals surface area contributed by atoms with Gasteiger partial charge in [-0.25, -0.2) is 0 Å². The summed E-state index contributed by atoms with van der Waals surface area (Å²) in [4.78, 5) is 0. The van der Waals surface area contributed by atoms with Crippen LogP contribution in [0.1, 0.15) is 0 Å². The van der Waals surface area contributed by atoms with E-state index in [9.17, 15) is 0 Å². The Bertz CT molecular complexity index is 75.5. The molecule has 0 saturated carbocycles. The molecule has 25 heavy (non-hydrogen) atoms. The Labute approximate surface area is 239 Å². The maximum atomic E-state index is 8.42. The molecule has 0 aromatic carbocycles. The molecule has 0 saturated heterocycles. The third kappa shape index (κ3) is 1170. The number of hydrogen-bond acceptors (Lipinski definition) is 12. The first kappa shape index (κ1) is 88.8. The van der Waals surface area contributed by atoms with E-state index in [4.69, 9.17) is 60.3 Å². The van der Waals surface area contributed by atoms with E-state index in [1.54, 1.807) is 0 Å². The van der Waals surface area contributed by atoms with E-state index in [0.717, 1.165) is 0 Å². The van der Waals surface area contributed by atoms with Crippen LogP contribution in [0.25, 0.3) is 0 Å². The summed E-state index contributed by atoms with van der Waals surface area (Å²) < 4.78 is 0. The van der Waals surface area contributed by atoms with E-state index in [-0.39, 0.29) is 153 Å². The van der Waals surface area contributed by atoms with Crippen LogP contribution in [0.3, 0.4) is 0 Å². The fourth-order valence-electron chi connectivity index (χ4n) is 0. The zero-order chi connectivity index (χ0) is 14.3. The van der Waals surface area contributed by atoms with Crippen molar-refractivity contribution in [3.63, 3.8) is 0 Å². The molecule has 0 N–H and O–H groups in total. The Hall–Kier alpha value is 4.04. The van der Waals surface area contributed by atoms with Gasteiger partial charge in [0.15, 0.2) is 0 Å². The SMILES string of the molecule is [O-2].[O-2].[O-2].[O-2].[O-]B([O-])[O-].[O-]B([O-])[O-].[O-]B([O-])[O-].[O-]B([O-])[O-].[Zr+4].[Zr+4].[Zr+4].[Zr+4].[Zr+4]. The summed E-state index contributed by atoms with van der Waals surface area (Å²) in [7, 11) is -11.7. The minimum absolute atomic E-state index is 0. The Morgan fingerprint density at radius 3 is 0.240 bits per heavy atom. The summed E-state index contributed by atoms with van der Waals surface area (Å²) in [6, 6.07) is 0. The van der Waals surface area contributed by atoms with Gasteiger partial charge in [-0.2, -0.15) is 0 Å². The van der Waals surface area contributed by atoms with Gasteiger partial charge in [0.2, 0.25) is 0 Å². The summed E-state index contributed by atoms with van der Waals surface area (Å²) in [6.07, 6.45) is 0. The standard InChI is InChI=1S/4BO3.4O.5Zr/c4*2-1(3)4;;;;;;;;;/q4*-3;4*-2;5*+4. The molecule has 0 fully saturated rings. The largest absolute Gasteiger partial charge is 4.00 e. The molecular weight excluding hydrogens is 755 g/mol. The van der Waals surface area contributed by atoms with Crippen LogP contribution in [0.4, 0.5) is 0 Å². The summed E-state index contributed by atoms with van der Waals surface area (Å²) in [5.74, 6) is 0. The van der Waals surface area contributed by atoms with Crippen LogP contribution in [0.15, 0.2) is 0 Å². The van der Waals surface area contributed by atoms with E-state index in [2.05, 4.69) is 0 Å². The van der Waals surface area contributed by atoms with Gasteiger partial charge in [0.25, 0.3) is 0 Å². The molecule has 0 radical (unpaired) electrons. The van der Waals surface area contributed by atoms with Crippen molar-refractivity contribution in [3.8, 4) is 0 Å². The van der Waals surface area contributed by atoms with Crippen LogP contribution in [0.5, 0.6) is 0 Å². The van der Waals surface area contributed by atoms with E-state index in [1.807, 2.05) is 0 Å². The Balaban J connectivity index is -0.00000000623. The van der Waals surface area contributed by atoms with Gasteiger partial charge in [-0.3, -0.25) is 29.3 Å². The third-order valence-electron chi connectivity index (χ3n) is 0. The summed E-state index contributed by atoms with van der Waals surface area (Å²) >= 11 is 0. The van der Waals surface area contributed by atoms with Gasteiger partial charge < -0.3 is 82.2 Å². The molecular formula is B4O16Zr5. The fraction of sp³-hybridized carbons (Fsp3) is 0. The molecule has 0 amide bonds. The topological polar surface area (TPSA) is 391 Å². The maximum absolute atomic E-state index is 8.42. The Morgan fingerprint density at radius 2 is 0.240 bits per heavy atom. The second-order valence-corrected chi connectivity index (χ2v) is 1.15. The van der Waals surface area contributed by atoms with E-state index < -0.39 is 29.3 Å². The van der Waals surface area contributed by atoms with Crippen molar-refractivity contribution in [2.45, 2.75) is 0 Å². The van der Waals surface area contributed by atoms with Gasteiger partial charge in [0.1, 0.15) is 0 Å². The first-order valence-corrected chi connectivity index (χ1v) is 2.83. The van der Waals surface area contributed by atoms with Gasteiger partial charge in [-0.15, -0.1) is 0 Å². The van der Waals surface area contributed by atoms with E-state index >= 15 is 0 Å². The van der Waals surface area contributed by atoms with Crippen LogP contribution >= 0.6 is 0 Å². The molecule has 0 spiro atoms. The van der Waals surface area contributed by atoms with Crippen molar-refractivity contribution in [1.29, 1.82) is 0 Å². The summed E-state index contributed by atoms with van der Waals surface area (Å²) in [6.45, 7) is 0. The molecule has 0 aliphatic heterocycles. The molecule has 0 atom stereocenters. The molecule has 0 aliphatic carbocycles. The smallest absolute Gasteiger partial charge is 2.00 e. The molecule has 0 bridgehead atoms. The molecule has 0 unspecified atom stereocenters. The Kier molecular flexibility index (Phi) is 283. The molecule has 128 valence electrons. The quantitative estimate of drug-likeness (QED) is 0.208. The fourth-order valence-corrected chi connectivity index (χ4v) is 0. The van der Waals surface area contributed by atoms with Gasteiger partial charge in [-0.05, 0) is 0 Å². The van der Waals surface area contributed by atoms with Crippen molar-refractivity contribution in [1.82, 2.24) is 0 Å². The van der Waals surface area contributed by atoms with Gasteiger partial charge in [0, 0.05) is 0 Å². The second-order valence-electron chi connectivity index (χ2n) is 1.15. The average molecular weight is 755 g/mol. The molecule has 0 aromatic rings. The third-order valence-corrected chi connectivity index (χ3v) is 0. The van der Waals surface area contributed by atoms with Crippen LogP contribution in [0.2, 0.25) is 0 Å². The first-order valence-electron chi connectivity index (χ1n) is 2.83. The second kappa shape index (κ2) is 79.7. The molecule has 16 nitrogen and oxygen atoms in total. The zero-order valence-electron chi connectivity index (χ0n) is 11.3. The molecule has 0 aliphatic rings. The normalized spacial score (nSPS) is 4.32. The van der Waals surface area contributed by atoms with Crippen molar-refractivity contribution in [2.24, 2.45) is 0 Å². The Morgan fingerprint density at radius 1 is 0.240 bits per heavy atom. The van der Waals surface area contributed by atoms with Crippen LogP contribution < -0.4 is 60.3 Å². The van der Waals surface area contributed by atoms with Crippen LogP contribution in [0, 0.1) is 0 Å². The van der Waals surface area contributed by atoms with Crippen molar-refractivity contribution in [3.05, 3.63) is 0 Å². The first-order chi connectivity index (χ1) is 6.93. The van der Waals surface area contributed by atoms with Gasteiger partial charge in [0.05, 0.1) is 0 Å². The number of hydrogen-bond donors (Lipinski definition) is 0. The van der Waals surface area contributed by atoms with E-state index in [0.29, 0.717) is 0 Å². The monoisotopic (exact) mass is 749 g/mol. The van der Waals surface area contributed by atoms with Crippen molar-refractivity contribution >= 4 is 29.3 Å². The minimum Gasteiger partial charge on any atom is -2.00 e. The summed E-state index contributed by atoms with van der Waals surface area (Å²) in [5.41, 5.74) is 0. The van der Waals surface area contributed by atoms with Crippen molar-refractivity contribution < 1.29 is 213 Å². The molecule has 0 heterocycles. The van der Waals surface area contributed by atoms with E-state index in [1.165, 1.54) is 0 Å². The predicted molar refractivity (Wildman–Crippen MR) is 25.8 cm³/mol. The summed E-state index contributed by atoms with van der Waals surface area (Å²) in [5, 5.41) is 101. The van der Waals surface area contributed by atoms with Crippen molar-refractivity contribution in [2.75, 3.05) is 0 Å². The molecule has 25 heteroatoms. The van der Waals surface area contributed by atoms with Gasteiger partial charge >= 0.3 is 131 Å². The molecule has 0 aromatic heterocycles. The van der Waals surface area contributed by atoms with Gasteiger partial charge in [-0.1, -0.05) is 0 Å². The molecule has 0 rings (SSSR count). The average Bonchev–Trinajstić information content (AvgIpc) is 1.76. The van der Waals surface area contributed by atoms with Crippen LogP contribution in [-0.4, -0.2) is 29.3 Å².